The number of anilines is 1. The van der Waals surface area contributed by atoms with Crippen LogP contribution in [0.1, 0.15) is 12.5 Å². The average molecular weight is 342 g/mol. The first kappa shape index (κ1) is 16.3. The molecule has 1 heterocycles. The van der Waals surface area contributed by atoms with Gasteiger partial charge in [0.25, 0.3) is 0 Å². The normalized spacial score (nSPS) is 10.8. The number of aromatic nitrogens is 1. The van der Waals surface area contributed by atoms with Crippen molar-refractivity contribution in [1.82, 2.24) is 4.57 Å². The molecule has 5 nitrogen and oxygen atoms in total. The van der Waals surface area contributed by atoms with Crippen molar-refractivity contribution < 1.29 is 9.53 Å². The molecule has 0 saturated heterocycles. The summed E-state index contributed by atoms with van der Waals surface area (Å²) in [7, 11) is 1.60. The maximum atomic E-state index is 12.2. The predicted octanol–water partition coefficient (Wildman–Crippen LogP) is 3.27. The number of hydrogen-bond donors (Lipinski definition) is 1. The fraction of sp³-hybridized carbons (Fsp3) is 0.222. The van der Waals surface area contributed by atoms with Crippen molar-refractivity contribution in [1.29, 1.82) is 0 Å². The summed E-state index contributed by atoms with van der Waals surface area (Å²) in [5, 5.41) is 2.88. The van der Waals surface area contributed by atoms with Crippen LogP contribution < -0.4 is 14.9 Å². The van der Waals surface area contributed by atoms with Crippen LogP contribution >= 0.6 is 11.3 Å². The standard InChI is InChI=1S/C18H18N2O3S/c1-3-20-15-8-7-13(11-16(15)24-18(20)22)19-17(21)10-12-5-4-6-14(9-12)23-2/h4-9,11H,3,10H2,1-2H3,(H,19,21). The smallest absolute Gasteiger partial charge is 0.308 e. The number of ether oxygens (including phenoxy) is 1. The second-order valence-electron chi connectivity index (χ2n) is 5.37. The lowest BCUT2D eigenvalue weighted by molar-refractivity contribution is -0.115. The summed E-state index contributed by atoms with van der Waals surface area (Å²) in [5.41, 5.74) is 2.48. The maximum Gasteiger partial charge on any atom is 0.308 e. The van der Waals surface area contributed by atoms with Crippen molar-refractivity contribution >= 4 is 33.1 Å². The van der Waals surface area contributed by atoms with Gasteiger partial charge in [0.15, 0.2) is 0 Å². The molecule has 1 aromatic heterocycles. The number of nitrogens with zero attached hydrogens (tertiary/aromatic N) is 1. The predicted molar refractivity (Wildman–Crippen MR) is 97.1 cm³/mol. The zero-order chi connectivity index (χ0) is 17.1. The molecule has 6 heteroatoms. The van der Waals surface area contributed by atoms with E-state index < -0.39 is 0 Å². The molecule has 2 aromatic carbocycles. The largest absolute Gasteiger partial charge is 0.497 e. The van der Waals surface area contributed by atoms with Crippen molar-refractivity contribution in [3.8, 4) is 5.75 Å². The monoisotopic (exact) mass is 342 g/mol. The van der Waals surface area contributed by atoms with Crippen LogP contribution in [0.2, 0.25) is 0 Å². The van der Waals surface area contributed by atoms with Gasteiger partial charge in [0.1, 0.15) is 5.75 Å². The molecule has 0 saturated carbocycles. The zero-order valence-corrected chi connectivity index (χ0v) is 14.4. The van der Waals surface area contributed by atoms with Crippen molar-refractivity contribution in [2.75, 3.05) is 12.4 Å². The molecule has 24 heavy (non-hydrogen) atoms. The Bertz CT molecular complexity index is 943. The molecule has 0 unspecified atom stereocenters. The summed E-state index contributed by atoms with van der Waals surface area (Å²) in [6.07, 6.45) is 0.265. The third-order valence-corrected chi connectivity index (χ3v) is 4.71. The van der Waals surface area contributed by atoms with Gasteiger partial charge in [0, 0.05) is 12.2 Å². The van der Waals surface area contributed by atoms with Gasteiger partial charge in [-0.2, -0.15) is 0 Å². The number of thiazole rings is 1. The number of carbonyl (C=O) groups is 1. The van der Waals surface area contributed by atoms with Gasteiger partial charge in [0.2, 0.25) is 5.91 Å². The molecular formula is C18H18N2O3S. The lowest BCUT2D eigenvalue weighted by Gasteiger charge is -2.07. The molecule has 3 aromatic rings. The number of nitrogens with one attached hydrogen (secondary N) is 1. The molecule has 1 amide bonds. The van der Waals surface area contributed by atoms with Crippen LogP contribution in [0.15, 0.2) is 47.3 Å². The van der Waals surface area contributed by atoms with Crippen LogP contribution in [0.5, 0.6) is 5.75 Å². The zero-order valence-electron chi connectivity index (χ0n) is 13.5. The van der Waals surface area contributed by atoms with E-state index in [4.69, 9.17) is 4.74 Å². The molecule has 0 atom stereocenters. The molecule has 0 fully saturated rings. The first-order chi connectivity index (χ1) is 11.6. The van der Waals surface area contributed by atoms with Gasteiger partial charge >= 0.3 is 4.87 Å². The highest BCUT2D eigenvalue weighted by atomic mass is 32.1. The summed E-state index contributed by atoms with van der Waals surface area (Å²) in [6.45, 7) is 2.58. The van der Waals surface area contributed by atoms with Crippen molar-refractivity contribution in [2.24, 2.45) is 0 Å². The molecule has 0 radical (unpaired) electrons. The van der Waals surface area contributed by atoms with Gasteiger partial charge in [-0.1, -0.05) is 23.5 Å². The van der Waals surface area contributed by atoms with Crippen LogP contribution in [0, 0.1) is 0 Å². The van der Waals surface area contributed by atoms with E-state index in [1.807, 2.05) is 49.4 Å². The molecular weight excluding hydrogens is 324 g/mol. The number of carbonyl (C=O) groups excluding carboxylic acids is 1. The van der Waals surface area contributed by atoms with E-state index >= 15 is 0 Å². The van der Waals surface area contributed by atoms with Gasteiger partial charge in [-0.3, -0.25) is 14.2 Å². The molecule has 124 valence electrons. The third-order valence-electron chi connectivity index (χ3n) is 3.77. The van der Waals surface area contributed by atoms with Crippen LogP contribution in [0.4, 0.5) is 5.69 Å². The third kappa shape index (κ3) is 3.33. The summed E-state index contributed by atoms with van der Waals surface area (Å²) < 4.78 is 7.76. The van der Waals surface area contributed by atoms with Crippen molar-refractivity contribution in [2.45, 2.75) is 19.9 Å². The van der Waals surface area contributed by atoms with Crippen molar-refractivity contribution in [3.63, 3.8) is 0 Å². The molecule has 1 N–H and O–H groups in total. The lowest BCUT2D eigenvalue weighted by Crippen LogP contribution is -2.14. The maximum absolute atomic E-state index is 12.2. The van der Waals surface area contributed by atoms with E-state index in [9.17, 15) is 9.59 Å². The number of benzene rings is 2. The van der Waals surface area contributed by atoms with Crippen LogP contribution in [-0.2, 0) is 17.8 Å². The second-order valence-corrected chi connectivity index (χ2v) is 6.36. The van der Waals surface area contributed by atoms with Crippen molar-refractivity contribution in [3.05, 3.63) is 57.7 Å². The van der Waals surface area contributed by atoms with Gasteiger partial charge in [-0.15, -0.1) is 0 Å². The first-order valence-electron chi connectivity index (χ1n) is 7.67. The highest BCUT2D eigenvalue weighted by Gasteiger charge is 2.09. The minimum absolute atomic E-state index is 0.0207. The molecule has 0 aliphatic carbocycles. The molecule has 0 bridgehead atoms. The van der Waals surface area contributed by atoms with E-state index in [2.05, 4.69) is 5.32 Å². The number of amides is 1. The number of rotatable bonds is 5. The minimum atomic E-state index is -0.107. The molecule has 0 spiro atoms. The number of fused-ring (bicyclic) bond motifs is 1. The highest BCUT2D eigenvalue weighted by molar-refractivity contribution is 7.16. The Morgan fingerprint density at radius 2 is 2.08 bits per heavy atom. The number of aryl methyl sites for hydroxylation is 1. The number of hydrogen-bond acceptors (Lipinski definition) is 4. The second kappa shape index (κ2) is 6.88. The highest BCUT2D eigenvalue weighted by Crippen LogP contribution is 2.22. The van der Waals surface area contributed by atoms with Crippen LogP contribution in [0.3, 0.4) is 0 Å². The summed E-state index contributed by atoms with van der Waals surface area (Å²) in [4.78, 5) is 24.1. The van der Waals surface area contributed by atoms with Crippen LogP contribution in [0.25, 0.3) is 10.2 Å². The SMILES string of the molecule is CCn1c(=O)sc2cc(NC(=O)Cc3cccc(OC)c3)ccc21. The van der Waals surface area contributed by atoms with E-state index in [1.165, 1.54) is 11.3 Å². The Labute approximate surface area is 143 Å². The lowest BCUT2D eigenvalue weighted by atomic mass is 10.1. The fourth-order valence-electron chi connectivity index (χ4n) is 2.62. The Morgan fingerprint density at radius 3 is 2.83 bits per heavy atom. The van der Waals surface area contributed by atoms with Gasteiger partial charge in [-0.05, 0) is 42.8 Å². The number of methoxy groups -OCH3 is 1. The van der Waals surface area contributed by atoms with E-state index in [0.717, 1.165) is 21.5 Å². The summed E-state index contributed by atoms with van der Waals surface area (Å²) >= 11 is 1.19. The molecule has 0 aliphatic heterocycles. The summed E-state index contributed by atoms with van der Waals surface area (Å²) in [5.74, 6) is 0.622. The van der Waals surface area contributed by atoms with Gasteiger partial charge < -0.3 is 10.1 Å². The van der Waals surface area contributed by atoms with Gasteiger partial charge in [-0.25, -0.2) is 0 Å². The Morgan fingerprint density at radius 1 is 1.25 bits per heavy atom. The van der Waals surface area contributed by atoms with Gasteiger partial charge in [0.05, 0.1) is 23.7 Å². The Balaban J connectivity index is 1.76. The Kier molecular flexibility index (Phi) is 4.66. The Hall–Kier alpha value is -2.60. The van der Waals surface area contributed by atoms with E-state index in [-0.39, 0.29) is 17.2 Å². The van der Waals surface area contributed by atoms with E-state index in [1.54, 1.807) is 11.7 Å². The molecule has 3 rings (SSSR count). The quantitative estimate of drug-likeness (QED) is 0.774. The summed E-state index contributed by atoms with van der Waals surface area (Å²) in [6, 6.07) is 13.0. The minimum Gasteiger partial charge on any atom is -0.497 e. The van der Waals surface area contributed by atoms with Crippen LogP contribution in [-0.4, -0.2) is 17.6 Å². The fourth-order valence-corrected chi connectivity index (χ4v) is 3.61. The topological polar surface area (TPSA) is 60.3 Å². The molecule has 0 aliphatic rings. The average Bonchev–Trinajstić information content (AvgIpc) is 2.89. The first-order valence-corrected chi connectivity index (χ1v) is 8.48. The van der Waals surface area contributed by atoms with E-state index in [0.29, 0.717) is 12.2 Å².